The summed E-state index contributed by atoms with van der Waals surface area (Å²) in [6, 6.07) is 1.88. The summed E-state index contributed by atoms with van der Waals surface area (Å²) in [5, 5.41) is 14.9. The van der Waals surface area contributed by atoms with E-state index in [9.17, 15) is 4.79 Å². The lowest BCUT2D eigenvalue weighted by atomic mass is 10.1. The first kappa shape index (κ1) is 9.92. The third kappa shape index (κ3) is 1.55. The molecular formula is C10H10N2O2S. The summed E-state index contributed by atoms with van der Waals surface area (Å²) in [6.45, 7) is 1.82. The Kier molecular flexibility index (Phi) is 2.32. The van der Waals surface area contributed by atoms with Crippen LogP contribution in [0.4, 0.5) is 0 Å². The van der Waals surface area contributed by atoms with Gasteiger partial charge in [0.15, 0.2) is 0 Å². The van der Waals surface area contributed by atoms with Gasteiger partial charge in [0.05, 0.1) is 5.69 Å². The Morgan fingerprint density at radius 1 is 1.60 bits per heavy atom. The van der Waals surface area contributed by atoms with Crippen LogP contribution in [-0.2, 0) is 7.05 Å². The normalized spacial score (nSPS) is 10.5. The van der Waals surface area contributed by atoms with Crippen molar-refractivity contribution >= 4 is 17.3 Å². The topological polar surface area (TPSA) is 55.1 Å². The number of nitrogens with zero attached hydrogens (tertiary/aromatic N) is 2. The molecule has 0 aliphatic heterocycles. The molecule has 0 radical (unpaired) electrons. The van der Waals surface area contributed by atoms with Crippen LogP contribution in [0.15, 0.2) is 17.6 Å². The summed E-state index contributed by atoms with van der Waals surface area (Å²) < 4.78 is 1.74. The fourth-order valence-electron chi connectivity index (χ4n) is 1.52. The average molecular weight is 222 g/mol. The molecule has 0 atom stereocenters. The highest BCUT2D eigenvalue weighted by atomic mass is 32.1. The zero-order chi connectivity index (χ0) is 11.0. The predicted molar refractivity (Wildman–Crippen MR) is 58.2 cm³/mol. The molecule has 4 nitrogen and oxygen atoms in total. The quantitative estimate of drug-likeness (QED) is 0.847. The molecule has 2 heterocycles. The van der Waals surface area contributed by atoms with Gasteiger partial charge in [-0.2, -0.15) is 5.10 Å². The lowest BCUT2D eigenvalue weighted by molar-refractivity contribution is 0.0701. The van der Waals surface area contributed by atoms with Crippen LogP contribution in [-0.4, -0.2) is 20.9 Å². The number of aromatic nitrogens is 2. The van der Waals surface area contributed by atoms with Crippen molar-refractivity contribution in [1.82, 2.24) is 9.78 Å². The molecule has 0 fully saturated rings. The van der Waals surface area contributed by atoms with E-state index in [1.54, 1.807) is 10.9 Å². The van der Waals surface area contributed by atoms with Gasteiger partial charge in [-0.25, -0.2) is 4.79 Å². The zero-order valence-corrected chi connectivity index (χ0v) is 9.21. The van der Waals surface area contributed by atoms with Gasteiger partial charge in [0.2, 0.25) is 0 Å². The van der Waals surface area contributed by atoms with Crippen LogP contribution in [0.5, 0.6) is 0 Å². The van der Waals surface area contributed by atoms with Gasteiger partial charge in [0, 0.05) is 24.2 Å². The Hall–Kier alpha value is -1.62. The number of hydrogen-bond acceptors (Lipinski definition) is 3. The first-order valence-corrected chi connectivity index (χ1v) is 5.29. The fraction of sp³-hybridized carbons (Fsp3) is 0.200. The average Bonchev–Trinajstić information content (AvgIpc) is 2.71. The van der Waals surface area contributed by atoms with E-state index in [-0.39, 0.29) is 0 Å². The standard InChI is InChI=1S/C10H10N2O2S/c1-6-7(5-15-9(6)10(13)14)8-3-4-11-12(8)2/h3-5H,1-2H3,(H,13,14). The summed E-state index contributed by atoms with van der Waals surface area (Å²) in [7, 11) is 1.84. The van der Waals surface area contributed by atoms with Crippen molar-refractivity contribution in [3.63, 3.8) is 0 Å². The number of hydrogen-bond donors (Lipinski definition) is 1. The molecule has 0 saturated heterocycles. The van der Waals surface area contributed by atoms with Crippen LogP contribution < -0.4 is 0 Å². The van der Waals surface area contributed by atoms with E-state index in [0.717, 1.165) is 16.8 Å². The van der Waals surface area contributed by atoms with Crippen LogP contribution in [0, 0.1) is 6.92 Å². The van der Waals surface area contributed by atoms with Crippen molar-refractivity contribution in [1.29, 1.82) is 0 Å². The molecule has 78 valence electrons. The maximum Gasteiger partial charge on any atom is 0.346 e. The highest BCUT2D eigenvalue weighted by Crippen LogP contribution is 2.30. The second kappa shape index (κ2) is 3.51. The highest BCUT2D eigenvalue weighted by molar-refractivity contribution is 7.12. The van der Waals surface area contributed by atoms with E-state index < -0.39 is 5.97 Å². The second-order valence-electron chi connectivity index (χ2n) is 3.25. The van der Waals surface area contributed by atoms with Crippen LogP contribution in [0.2, 0.25) is 0 Å². The number of carboxylic acid groups (broad SMARTS) is 1. The van der Waals surface area contributed by atoms with Gasteiger partial charge >= 0.3 is 5.97 Å². The molecule has 0 aliphatic carbocycles. The lowest BCUT2D eigenvalue weighted by Crippen LogP contribution is -1.97. The predicted octanol–water partition coefficient (Wildman–Crippen LogP) is 2.16. The van der Waals surface area contributed by atoms with Crippen molar-refractivity contribution in [2.45, 2.75) is 6.92 Å². The van der Waals surface area contributed by atoms with Gasteiger partial charge in [-0.15, -0.1) is 11.3 Å². The highest BCUT2D eigenvalue weighted by Gasteiger charge is 2.16. The Labute approximate surface area is 90.8 Å². The molecule has 1 N–H and O–H groups in total. The van der Waals surface area contributed by atoms with Crippen molar-refractivity contribution in [2.75, 3.05) is 0 Å². The summed E-state index contributed by atoms with van der Waals surface area (Å²) in [5.74, 6) is -0.870. The monoisotopic (exact) mass is 222 g/mol. The van der Waals surface area contributed by atoms with Gasteiger partial charge in [-0.1, -0.05) is 0 Å². The van der Waals surface area contributed by atoms with Crippen molar-refractivity contribution in [3.8, 4) is 11.3 Å². The van der Waals surface area contributed by atoms with Crippen LogP contribution >= 0.6 is 11.3 Å². The third-order valence-electron chi connectivity index (χ3n) is 2.33. The number of carbonyl (C=O) groups is 1. The minimum atomic E-state index is -0.870. The van der Waals surface area contributed by atoms with Gasteiger partial charge in [-0.05, 0) is 18.6 Å². The second-order valence-corrected chi connectivity index (χ2v) is 4.13. The van der Waals surface area contributed by atoms with E-state index in [4.69, 9.17) is 5.11 Å². The summed E-state index contributed by atoms with van der Waals surface area (Å²) in [4.78, 5) is 11.3. The maximum absolute atomic E-state index is 10.9. The molecule has 2 aromatic rings. The molecular weight excluding hydrogens is 212 g/mol. The number of aromatic carboxylic acids is 1. The summed E-state index contributed by atoms with van der Waals surface area (Å²) in [5.41, 5.74) is 2.68. The molecule has 0 aliphatic rings. The summed E-state index contributed by atoms with van der Waals surface area (Å²) >= 11 is 1.25. The Balaban J connectivity index is 2.56. The smallest absolute Gasteiger partial charge is 0.346 e. The lowest BCUT2D eigenvalue weighted by Gasteiger charge is -2.00. The Morgan fingerprint density at radius 3 is 2.80 bits per heavy atom. The molecule has 0 amide bonds. The number of carboxylic acids is 1. The van der Waals surface area contributed by atoms with Crippen molar-refractivity contribution in [2.24, 2.45) is 7.05 Å². The fourth-order valence-corrected chi connectivity index (χ4v) is 2.44. The molecule has 2 rings (SSSR count). The Bertz CT molecular complexity index is 513. The molecule has 0 aromatic carbocycles. The third-order valence-corrected chi connectivity index (χ3v) is 3.40. The van der Waals surface area contributed by atoms with Crippen molar-refractivity contribution in [3.05, 3.63) is 28.1 Å². The van der Waals surface area contributed by atoms with Crippen LogP contribution in [0.25, 0.3) is 11.3 Å². The van der Waals surface area contributed by atoms with Crippen LogP contribution in [0.1, 0.15) is 15.2 Å². The molecule has 5 heteroatoms. The van der Waals surface area contributed by atoms with E-state index in [0.29, 0.717) is 4.88 Å². The molecule has 0 spiro atoms. The van der Waals surface area contributed by atoms with Gasteiger partial charge in [0.1, 0.15) is 4.88 Å². The number of aryl methyl sites for hydroxylation is 1. The van der Waals surface area contributed by atoms with E-state index >= 15 is 0 Å². The summed E-state index contributed by atoms with van der Waals surface area (Å²) in [6.07, 6.45) is 1.70. The maximum atomic E-state index is 10.9. The minimum absolute atomic E-state index is 0.395. The van der Waals surface area contributed by atoms with E-state index in [1.165, 1.54) is 11.3 Å². The Morgan fingerprint density at radius 2 is 2.33 bits per heavy atom. The molecule has 15 heavy (non-hydrogen) atoms. The zero-order valence-electron chi connectivity index (χ0n) is 8.39. The van der Waals surface area contributed by atoms with E-state index in [1.807, 2.05) is 25.4 Å². The van der Waals surface area contributed by atoms with Gasteiger partial charge in [-0.3, -0.25) is 4.68 Å². The molecule has 0 bridgehead atoms. The number of rotatable bonds is 2. The van der Waals surface area contributed by atoms with E-state index in [2.05, 4.69) is 5.10 Å². The molecule has 0 saturated carbocycles. The van der Waals surface area contributed by atoms with Gasteiger partial charge < -0.3 is 5.11 Å². The SMILES string of the molecule is Cc1c(-c2ccnn2C)csc1C(=O)O. The largest absolute Gasteiger partial charge is 0.477 e. The first-order chi connectivity index (χ1) is 7.11. The number of thiophene rings is 1. The van der Waals surface area contributed by atoms with Crippen molar-refractivity contribution < 1.29 is 9.90 Å². The van der Waals surface area contributed by atoms with Gasteiger partial charge in [0.25, 0.3) is 0 Å². The molecule has 2 aromatic heterocycles. The first-order valence-electron chi connectivity index (χ1n) is 4.41. The minimum Gasteiger partial charge on any atom is -0.477 e. The molecule has 0 unspecified atom stereocenters. The van der Waals surface area contributed by atoms with Crippen LogP contribution in [0.3, 0.4) is 0 Å².